The Balaban J connectivity index is 1.86. The lowest BCUT2D eigenvalue weighted by Crippen LogP contribution is -2.61. The summed E-state index contributed by atoms with van der Waals surface area (Å²) in [5.74, 6) is -0.951. The Morgan fingerprint density at radius 3 is 1.57 bits per heavy atom. The summed E-state index contributed by atoms with van der Waals surface area (Å²) in [7, 11) is 0. The number of esters is 2. The van der Waals surface area contributed by atoms with Gasteiger partial charge in [-0.15, -0.1) is 0 Å². The number of aliphatic hydroxyl groups is 7. The van der Waals surface area contributed by atoms with Crippen molar-refractivity contribution in [1.29, 1.82) is 0 Å². The molecule has 51 heavy (non-hydrogen) atoms. The van der Waals surface area contributed by atoms with E-state index in [-0.39, 0.29) is 26.1 Å². The van der Waals surface area contributed by atoms with Crippen molar-refractivity contribution < 1.29 is 73.8 Å². The Labute approximate surface area is 302 Å². The smallest absolute Gasteiger partial charge is 0.306 e. The largest absolute Gasteiger partial charge is 0.462 e. The van der Waals surface area contributed by atoms with Crippen molar-refractivity contribution in [3.05, 3.63) is 0 Å². The number of carbonyl (C=O) groups excluding carboxylic acids is 2. The molecule has 0 aromatic rings. The van der Waals surface area contributed by atoms with E-state index in [0.29, 0.717) is 12.8 Å². The van der Waals surface area contributed by atoms with Crippen LogP contribution in [0.3, 0.4) is 0 Å². The highest BCUT2D eigenvalue weighted by Gasteiger charge is 2.47. The summed E-state index contributed by atoms with van der Waals surface area (Å²) in [5.41, 5.74) is 0. The van der Waals surface area contributed by atoms with E-state index in [1.807, 2.05) is 6.92 Å². The Morgan fingerprint density at radius 2 is 1.00 bits per heavy atom. The average molecular weight is 739 g/mol. The van der Waals surface area contributed by atoms with E-state index >= 15 is 0 Å². The quantitative estimate of drug-likeness (QED) is 0.0470. The molecule has 7 N–H and O–H groups in total. The molecule has 15 heteroatoms. The van der Waals surface area contributed by atoms with Gasteiger partial charge in [-0.2, -0.15) is 0 Å². The summed E-state index contributed by atoms with van der Waals surface area (Å²) < 4.78 is 33.0. The third-order valence-electron chi connectivity index (χ3n) is 9.34. The van der Waals surface area contributed by atoms with Crippen molar-refractivity contribution >= 4 is 11.9 Å². The first-order chi connectivity index (χ1) is 24.5. The maximum Gasteiger partial charge on any atom is 0.306 e. The molecule has 2 heterocycles. The molecule has 0 bridgehead atoms. The molecule has 300 valence electrons. The molecule has 2 aliphatic heterocycles. The summed E-state index contributed by atoms with van der Waals surface area (Å²) in [6.45, 7) is 2.35. The Hall–Kier alpha value is -1.50. The molecule has 2 fully saturated rings. The van der Waals surface area contributed by atoms with Crippen molar-refractivity contribution in [2.75, 3.05) is 26.4 Å². The van der Waals surface area contributed by atoms with Crippen LogP contribution in [0.15, 0.2) is 0 Å². The fourth-order valence-electron chi connectivity index (χ4n) is 6.04. The first-order valence-corrected chi connectivity index (χ1v) is 19.1. The summed E-state index contributed by atoms with van der Waals surface area (Å²) in [4.78, 5) is 25.0. The van der Waals surface area contributed by atoms with Crippen LogP contribution in [0.1, 0.15) is 123 Å². The van der Waals surface area contributed by atoms with Crippen LogP contribution in [0.25, 0.3) is 0 Å². The van der Waals surface area contributed by atoms with Crippen LogP contribution in [0, 0.1) is 0 Å². The van der Waals surface area contributed by atoms with Crippen LogP contribution in [-0.4, -0.2) is 142 Å². The predicted molar refractivity (Wildman–Crippen MR) is 183 cm³/mol. The van der Waals surface area contributed by atoms with Crippen molar-refractivity contribution in [3.8, 4) is 0 Å². The van der Waals surface area contributed by atoms with Gasteiger partial charge in [0.2, 0.25) is 0 Å². The van der Waals surface area contributed by atoms with Gasteiger partial charge < -0.3 is 64.2 Å². The first kappa shape index (κ1) is 45.7. The van der Waals surface area contributed by atoms with Crippen LogP contribution in [0.2, 0.25) is 0 Å². The van der Waals surface area contributed by atoms with Crippen molar-refractivity contribution in [2.45, 2.75) is 191 Å². The molecule has 11 atom stereocenters. The van der Waals surface area contributed by atoms with Crippen LogP contribution in [0.4, 0.5) is 0 Å². The summed E-state index contributed by atoms with van der Waals surface area (Å²) >= 11 is 0. The van der Waals surface area contributed by atoms with Gasteiger partial charge in [-0.05, 0) is 12.8 Å². The molecule has 2 aliphatic rings. The standard InChI is InChI=1S/C36H66O15/c1-3-5-7-8-9-10-11-12-13-14-15-17-19-28(39)49-24(21-46-27(38)18-16-6-4-2)22-47-35-34(45)32(43)30(41)26(51-35)23-48-36-33(44)31(42)29(40)25(20-37)50-36/h24-26,29-37,40-45H,3-23H2,1-2H3. The first-order valence-electron chi connectivity index (χ1n) is 19.1. The van der Waals surface area contributed by atoms with Gasteiger partial charge >= 0.3 is 11.9 Å². The van der Waals surface area contributed by atoms with E-state index in [1.54, 1.807) is 0 Å². The van der Waals surface area contributed by atoms with Crippen molar-refractivity contribution in [3.63, 3.8) is 0 Å². The molecule has 11 unspecified atom stereocenters. The van der Waals surface area contributed by atoms with Gasteiger partial charge in [0.05, 0.1) is 19.8 Å². The number of aliphatic hydroxyl groups excluding tert-OH is 7. The number of carbonyl (C=O) groups is 2. The molecule has 2 saturated heterocycles. The van der Waals surface area contributed by atoms with Crippen LogP contribution in [-0.2, 0) is 38.0 Å². The molecule has 0 radical (unpaired) electrons. The molecule has 0 aliphatic carbocycles. The third kappa shape index (κ3) is 17.0. The van der Waals surface area contributed by atoms with E-state index in [0.717, 1.165) is 32.1 Å². The summed E-state index contributed by atoms with van der Waals surface area (Å²) in [6, 6.07) is 0. The minimum Gasteiger partial charge on any atom is -0.462 e. The lowest BCUT2D eigenvalue weighted by atomic mass is 9.98. The fraction of sp³-hybridized carbons (Fsp3) is 0.944. The summed E-state index contributed by atoms with van der Waals surface area (Å²) in [5, 5.41) is 71.2. The van der Waals surface area contributed by atoms with Gasteiger partial charge in [-0.1, -0.05) is 97.3 Å². The Morgan fingerprint density at radius 1 is 0.549 bits per heavy atom. The molecule has 0 aromatic carbocycles. The third-order valence-corrected chi connectivity index (χ3v) is 9.34. The van der Waals surface area contributed by atoms with Crippen LogP contribution in [0.5, 0.6) is 0 Å². The maximum atomic E-state index is 12.7. The molecule has 0 spiro atoms. The number of hydrogen-bond donors (Lipinski definition) is 7. The van der Waals surface area contributed by atoms with E-state index < -0.39 is 92.7 Å². The van der Waals surface area contributed by atoms with Gasteiger partial charge in [0.1, 0.15) is 55.4 Å². The highest BCUT2D eigenvalue weighted by Crippen LogP contribution is 2.26. The molecule has 15 nitrogen and oxygen atoms in total. The fourth-order valence-corrected chi connectivity index (χ4v) is 6.04. The van der Waals surface area contributed by atoms with Crippen LogP contribution < -0.4 is 0 Å². The van der Waals surface area contributed by atoms with Crippen LogP contribution >= 0.6 is 0 Å². The molecule has 2 rings (SSSR count). The maximum absolute atomic E-state index is 12.7. The van der Waals surface area contributed by atoms with E-state index in [1.165, 1.54) is 51.4 Å². The minimum atomic E-state index is -1.75. The second kappa shape index (κ2) is 26.3. The van der Waals surface area contributed by atoms with E-state index in [4.69, 9.17) is 28.4 Å². The average Bonchev–Trinajstić information content (AvgIpc) is 3.12. The Kier molecular flexibility index (Phi) is 23.5. The van der Waals surface area contributed by atoms with Gasteiger partial charge in [-0.3, -0.25) is 9.59 Å². The van der Waals surface area contributed by atoms with E-state index in [9.17, 15) is 45.3 Å². The summed E-state index contributed by atoms with van der Waals surface area (Å²) in [6.07, 6.45) is -0.160. The monoisotopic (exact) mass is 738 g/mol. The second-order valence-corrected chi connectivity index (χ2v) is 13.8. The molecular weight excluding hydrogens is 672 g/mol. The molecule has 0 saturated carbocycles. The zero-order valence-electron chi connectivity index (χ0n) is 30.6. The lowest BCUT2D eigenvalue weighted by Gasteiger charge is -2.42. The van der Waals surface area contributed by atoms with Gasteiger partial charge in [-0.25, -0.2) is 0 Å². The van der Waals surface area contributed by atoms with Crippen molar-refractivity contribution in [1.82, 2.24) is 0 Å². The van der Waals surface area contributed by atoms with E-state index in [2.05, 4.69) is 6.92 Å². The van der Waals surface area contributed by atoms with Gasteiger partial charge in [0.25, 0.3) is 0 Å². The molecule has 0 amide bonds. The molecular formula is C36H66O15. The zero-order chi connectivity index (χ0) is 37.6. The SMILES string of the molecule is CCCCCCCCCCCCCCC(=O)OC(COC(=O)CCCCC)COC1OC(COC2OC(CO)C(O)C(O)C2O)C(O)C(O)C1O. The normalized spacial score (nSPS) is 30.2. The second-order valence-electron chi connectivity index (χ2n) is 13.8. The molecule has 0 aromatic heterocycles. The number of unbranched alkanes of at least 4 members (excludes halogenated alkanes) is 13. The van der Waals surface area contributed by atoms with Gasteiger partial charge in [0, 0.05) is 12.8 Å². The number of hydrogen-bond acceptors (Lipinski definition) is 15. The number of rotatable bonds is 27. The highest BCUT2D eigenvalue weighted by molar-refractivity contribution is 5.70. The predicted octanol–water partition coefficient (Wildman–Crippen LogP) is 1.75. The topological polar surface area (TPSA) is 231 Å². The highest BCUT2D eigenvalue weighted by atomic mass is 16.7. The van der Waals surface area contributed by atoms with Crippen molar-refractivity contribution in [2.24, 2.45) is 0 Å². The van der Waals surface area contributed by atoms with Gasteiger partial charge in [0.15, 0.2) is 18.7 Å². The lowest BCUT2D eigenvalue weighted by molar-refractivity contribution is -0.332. The minimum absolute atomic E-state index is 0.170. The Bertz CT molecular complexity index is 923. The number of ether oxygens (including phenoxy) is 6. The zero-order valence-corrected chi connectivity index (χ0v) is 30.6.